The molecular weight excluding hydrogens is 240 g/mol. The van der Waals surface area contributed by atoms with Crippen LogP contribution < -0.4 is 5.73 Å². The van der Waals surface area contributed by atoms with Crippen molar-refractivity contribution in [3.63, 3.8) is 0 Å². The highest BCUT2D eigenvalue weighted by molar-refractivity contribution is 7.89. The first-order chi connectivity index (χ1) is 8.01. The van der Waals surface area contributed by atoms with E-state index in [1.165, 1.54) is 16.4 Å². The third-order valence-corrected chi connectivity index (χ3v) is 4.41. The number of carbonyl (C=O) groups is 1. The van der Waals surface area contributed by atoms with Crippen LogP contribution in [0.15, 0.2) is 46.9 Å². The maximum atomic E-state index is 12.1. The largest absolute Gasteiger partial charge is 0.366 e. The maximum absolute atomic E-state index is 12.1. The molecule has 1 aliphatic heterocycles. The summed E-state index contributed by atoms with van der Waals surface area (Å²) in [6, 6.07) is 8.11. The molecule has 1 aromatic rings. The number of sulfonamides is 1. The van der Waals surface area contributed by atoms with Gasteiger partial charge in [0.05, 0.1) is 4.90 Å². The Hall–Kier alpha value is -1.66. The smallest absolute Gasteiger partial charge is 0.245 e. The molecule has 0 aliphatic carbocycles. The monoisotopic (exact) mass is 252 g/mol. The highest BCUT2D eigenvalue weighted by atomic mass is 32.2. The zero-order valence-corrected chi connectivity index (χ0v) is 9.85. The zero-order valence-electron chi connectivity index (χ0n) is 9.04. The first kappa shape index (κ1) is 11.8. The fourth-order valence-electron chi connectivity index (χ4n) is 1.63. The summed E-state index contributed by atoms with van der Waals surface area (Å²) in [4.78, 5) is 11.2. The van der Waals surface area contributed by atoms with E-state index in [2.05, 4.69) is 0 Å². The number of rotatable bonds is 3. The van der Waals surface area contributed by atoms with Crippen LogP contribution in [0.25, 0.3) is 0 Å². The van der Waals surface area contributed by atoms with Gasteiger partial charge in [-0.1, -0.05) is 24.3 Å². The Bertz CT molecular complexity index is 564. The molecule has 5 nitrogen and oxygen atoms in total. The van der Waals surface area contributed by atoms with Gasteiger partial charge in [0.25, 0.3) is 0 Å². The Morgan fingerprint density at radius 2 is 1.88 bits per heavy atom. The van der Waals surface area contributed by atoms with Crippen LogP contribution in [0.1, 0.15) is 0 Å². The van der Waals surface area contributed by atoms with Crippen LogP contribution in [-0.2, 0) is 14.8 Å². The molecule has 1 aromatic carbocycles. The lowest BCUT2D eigenvalue weighted by molar-refractivity contribution is -0.114. The minimum absolute atomic E-state index is 0.0482. The average molecular weight is 252 g/mol. The fraction of sp³-hybridized carbons (Fsp3) is 0.182. The highest BCUT2D eigenvalue weighted by Gasteiger charge is 2.29. The topological polar surface area (TPSA) is 80.5 Å². The van der Waals surface area contributed by atoms with Gasteiger partial charge in [-0.05, 0) is 12.1 Å². The van der Waals surface area contributed by atoms with Crippen molar-refractivity contribution in [2.45, 2.75) is 4.90 Å². The molecule has 0 spiro atoms. The summed E-state index contributed by atoms with van der Waals surface area (Å²) < 4.78 is 25.5. The van der Waals surface area contributed by atoms with Crippen LogP contribution >= 0.6 is 0 Å². The first-order valence-electron chi connectivity index (χ1n) is 5.06. The van der Waals surface area contributed by atoms with Crippen molar-refractivity contribution in [3.8, 4) is 0 Å². The molecular formula is C11H12N2O3S. The van der Waals surface area contributed by atoms with Crippen molar-refractivity contribution in [1.82, 2.24) is 4.31 Å². The lowest BCUT2D eigenvalue weighted by Crippen LogP contribution is -2.30. The van der Waals surface area contributed by atoms with Gasteiger partial charge >= 0.3 is 0 Å². The van der Waals surface area contributed by atoms with Gasteiger partial charge in [-0.15, -0.1) is 0 Å². The van der Waals surface area contributed by atoms with Gasteiger partial charge in [0, 0.05) is 18.7 Å². The van der Waals surface area contributed by atoms with Crippen LogP contribution in [0.4, 0.5) is 0 Å². The van der Waals surface area contributed by atoms with Crippen LogP contribution in [0.3, 0.4) is 0 Å². The van der Waals surface area contributed by atoms with E-state index in [1.807, 2.05) is 0 Å². The molecule has 0 saturated heterocycles. The summed E-state index contributed by atoms with van der Waals surface area (Å²) in [5, 5.41) is 0. The SMILES string of the molecule is NC(=O)C1=CCN(S(=O)(=O)c2ccccc2)C1. The molecule has 1 heterocycles. The van der Waals surface area contributed by atoms with Crippen molar-refractivity contribution in [2.75, 3.05) is 13.1 Å². The molecule has 0 bridgehead atoms. The summed E-state index contributed by atoms with van der Waals surface area (Å²) in [5.74, 6) is -0.573. The first-order valence-corrected chi connectivity index (χ1v) is 6.50. The number of nitrogens with zero attached hydrogens (tertiary/aromatic N) is 1. The molecule has 6 heteroatoms. The molecule has 90 valence electrons. The van der Waals surface area contributed by atoms with Gasteiger partial charge in [0.2, 0.25) is 15.9 Å². The Kier molecular flexibility index (Phi) is 2.99. The minimum Gasteiger partial charge on any atom is -0.366 e. The molecule has 2 N–H and O–H groups in total. The van der Waals surface area contributed by atoms with E-state index >= 15 is 0 Å². The Balaban J connectivity index is 2.24. The second kappa shape index (κ2) is 4.31. The minimum atomic E-state index is -3.53. The van der Waals surface area contributed by atoms with Crippen molar-refractivity contribution in [2.24, 2.45) is 5.73 Å². The van der Waals surface area contributed by atoms with Crippen LogP contribution in [0, 0.1) is 0 Å². The third kappa shape index (κ3) is 2.22. The summed E-state index contributed by atoms with van der Waals surface area (Å²) in [7, 11) is -3.53. The van der Waals surface area contributed by atoms with Gasteiger partial charge in [-0.3, -0.25) is 4.79 Å². The molecule has 0 aromatic heterocycles. The van der Waals surface area contributed by atoms with Crippen molar-refractivity contribution in [1.29, 1.82) is 0 Å². The van der Waals surface area contributed by atoms with E-state index in [0.29, 0.717) is 5.57 Å². The molecule has 0 unspecified atom stereocenters. The van der Waals surface area contributed by atoms with Crippen molar-refractivity contribution in [3.05, 3.63) is 42.0 Å². The van der Waals surface area contributed by atoms with E-state index in [9.17, 15) is 13.2 Å². The van der Waals surface area contributed by atoms with E-state index in [1.54, 1.807) is 24.3 Å². The second-order valence-corrected chi connectivity index (χ2v) is 5.64. The van der Waals surface area contributed by atoms with Gasteiger partial charge in [0.15, 0.2) is 0 Å². The standard InChI is InChI=1S/C11H12N2O3S/c12-11(14)9-6-7-13(8-9)17(15,16)10-4-2-1-3-5-10/h1-6H,7-8H2,(H2,12,14). The predicted octanol–water partition coefficient (Wildman–Crippen LogP) is 0.103. The molecule has 0 fully saturated rings. The van der Waals surface area contributed by atoms with Crippen molar-refractivity contribution >= 4 is 15.9 Å². The van der Waals surface area contributed by atoms with Gasteiger partial charge in [0.1, 0.15) is 0 Å². The Labute approximate surface area is 99.6 Å². The predicted molar refractivity (Wildman–Crippen MR) is 62.5 cm³/mol. The Morgan fingerprint density at radius 3 is 2.41 bits per heavy atom. The van der Waals surface area contributed by atoms with Gasteiger partial charge in [-0.2, -0.15) is 4.31 Å². The molecule has 17 heavy (non-hydrogen) atoms. The maximum Gasteiger partial charge on any atom is 0.245 e. The summed E-state index contributed by atoms with van der Waals surface area (Å²) >= 11 is 0. The quantitative estimate of drug-likeness (QED) is 0.828. The summed E-state index contributed by atoms with van der Waals surface area (Å²) in [6.07, 6.45) is 1.54. The Morgan fingerprint density at radius 1 is 1.24 bits per heavy atom. The molecule has 0 atom stereocenters. The summed E-state index contributed by atoms with van der Waals surface area (Å²) in [5.41, 5.74) is 5.45. The molecule has 0 saturated carbocycles. The normalized spacial score (nSPS) is 16.8. The molecule has 2 rings (SSSR count). The van der Waals surface area contributed by atoms with Crippen LogP contribution in [0.2, 0.25) is 0 Å². The van der Waals surface area contributed by atoms with E-state index in [4.69, 9.17) is 5.73 Å². The number of hydrogen-bond donors (Lipinski definition) is 1. The van der Waals surface area contributed by atoms with Crippen molar-refractivity contribution < 1.29 is 13.2 Å². The highest BCUT2D eigenvalue weighted by Crippen LogP contribution is 2.20. The van der Waals surface area contributed by atoms with Crippen LogP contribution in [-0.4, -0.2) is 31.7 Å². The number of benzene rings is 1. The fourth-order valence-corrected chi connectivity index (χ4v) is 3.01. The average Bonchev–Trinajstić information content (AvgIpc) is 2.80. The number of amides is 1. The molecule has 1 amide bonds. The second-order valence-electron chi connectivity index (χ2n) is 3.70. The van der Waals surface area contributed by atoms with Crippen LogP contribution in [0.5, 0.6) is 0 Å². The van der Waals surface area contributed by atoms with E-state index in [0.717, 1.165) is 0 Å². The molecule has 0 radical (unpaired) electrons. The van der Waals surface area contributed by atoms with E-state index in [-0.39, 0.29) is 18.0 Å². The lowest BCUT2D eigenvalue weighted by Gasteiger charge is -2.15. The zero-order chi connectivity index (χ0) is 12.5. The summed E-state index contributed by atoms with van der Waals surface area (Å²) in [6.45, 7) is 0.238. The number of hydrogen-bond acceptors (Lipinski definition) is 3. The number of nitrogens with two attached hydrogens (primary N) is 1. The van der Waals surface area contributed by atoms with Gasteiger partial charge in [-0.25, -0.2) is 8.42 Å². The number of carbonyl (C=O) groups excluding carboxylic acids is 1. The van der Waals surface area contributed by atoms with E-state index < -0.39 is 15.9 Å². The number of primary amides is 1. The lowest BCUT2D eigenvalue weighted by atomic mass is 10.3. The molecule has 1 aliphatic rings. The van der Waals surface area contributed by atoms with Gasteiger partial charge < -0.3 is 5.73 Å². The third-order valence-electron chi connectivity index (χ3n) is 2.59.